The number of halogens is 1. The van der Waals surface area contributed by atoms with Crippen LogP contribution in [0.2, 0.25) is 5.15 Å². The van der Waals surface area contributed by atoms with Gasteiger partial charge in [-0.1, -0.05) is 18.5 Å². The molecule has 0 aromatic carbocycles. The largest absolute Gasteiger partial charge is 0.370 e. The van der Waals surface area contributed by atoms with Crippen molar-refractivity contribution in [1.82, 2.24) is 14.7 Å². The van der Waals surface area contributed by atoms with Crippen LogP contribution in [-0.4, -0.2) is 37.7 Å². The first-order valence-electron chi connectivity index (χ1n) is 5.62. The lowest BCUT2D eigenvalue weighted by Gasteiger charge is -2.10. The van der Waals surface area contributed by atoms with Gasteiger partial charge in [0.2, 0.25) is 10.0 Å². The minimum absolute atomic E-state index is 0.395. The summed E-state index contributed by atoms with van der Waals surface area (Å²) in [4.78, 5) is 8.02. The van der Waals surface area contributed by atoms with Crippen molar-refractivity contribution in [3.8, 4) is 0 Å². The van der Waals surface area contributed by atoms with Crippen molar-refractivity contribution in [3.63, 3.8) is 0 Å². The molecule has 1 aromatic rings. The van der Waals surface area contributed by atoms with Gasteiger partial charge in [0.25, 0.3) is 0 Å². The second-order valence-electron chi connectivity index (χ2n) is 3.79. The third kappa shape index (κ3) is 5.16. The number of rotatable bonds is 7. The quantitative estimate of drug-likeness (QED) is 0.579. The van der Waals surface area contributed by atoms with Gasteiger partial charge < -0.3 is 5.32 Å². The second kappa shape index (κ2) is 6.86. The Morgan fingerprint density at radius 2 is 2.06 bits per heavy atom. The summed E-state index contributed by atoms with van der Waals surface area (Å²) in [6.45, 7) is 2.98. The zero-order chi connectivity index (χ0) is 13.6. The van der Waals surface area contributed by atoms with Crippen molar-refractivity contribution in [2.75, 3.05) is 24.7 Å². The first kappa shape index (κ1) is 15.1. The predicted molar refractivity (Wildman–Crippen MR) is 72.4 cm³/mol. The topological polar surface area (TPSA) is 84.0 Å². The van der Waals surface area contributed by atoms with Crippen LogP contribution >= 0.6 is 11.6 Å². The van der Waals surface area contributed by atoms with Crippen LogP contribution in [0, 0.1) is 0 Å². The molecule has 18 heavy (non-hydrogen) atoms. The average Bonchev–Trinajstić information content (AvgIpc) is 2.27. The van der Waals surface area contributed by atoms with Gasteiger partial charge in [-0.15, -0.1) is 0 Å². The van der Waals surface area contributed by atoms with Gasteiger partial charge in [-0.3, -0.25) is 0 Å². The summed E-state index contributed by atoms with van der Waals surface area (Å²) in [5, 5.41) is 3.57. The Balaban J connectivity index is 2.42. The zero-order valence-electron chi connectivity index (χ0n) is 10.4. The molecule has 102 valence electrons. The molecule has 0 aliphatic heterocycles. The lowest BCUT2D eigenvalue weighted by atomic mass is 10.2. The fourth-order valence-corrected chi connectivity index (χ4v) is 2.19. The zero-order valence-corrected chi connectivity index (χ0v) is 12.0. The van der Waals surface area contributed by atoms with E-state index in [2.05, 4.69) is 20.0 Å². The van der Waals surface area contributed by atoms with E-state index in [1.54, 1.807) is 0 Å². The van der Waals surface area contributed by atoms with Crippen LogP contribution in [0.3, 0.4) is 0 Å². The third-order valence-electron chi connectivity index (χ3n) is 2.26. The summed E-state index contributed by atoms with van der Waals surface area (Å²) in [5.41, 5.74) is 0.871. The molecule has 0 aliphatic rings. The highest BCUT2D eigenvalue weighted by molar-refractivity contribution is 7.88. The van der Waals surface area contributed by atoms with E-state index in [0.29, 0.717) is 30.5 Å². The Bertz CT molecular complexity index is 493. The highest BCUT2D eigenvalue weighted by Crippen LogP contribution is 2.19. The maximum atomic E-state index is 10.8. The van der Waals surface area contributed by atoms with E-state index < -0.39 is 10.0 Å². The van der Waals surface area contributed by atoms with E-state index in [9.17, 15) is 8.42 Å². The maximum absolute atomic E-state index is 10.8. The number of sulfonamides is 1. The molecule has 0 atom stereocenters. The molecular weight excluding hydrogens is 276 g/mol. The number of hydrogen-bond donors (Lipinski definition) is 2. The fourth-order valence-electron chi connectivity index (χ4n) is 1.41. The molecule has 0 bridgehead atoms. The normalized spacial score (nSPS) is 11.5. The first-order valence-corrected chi connectivity index (χ1v) is 7.89. The summed E-state index contributed by atoms with van der Waals surface area (Å²) in [5.74, 6) is 0.705. The van der Waals surface area contributed by atoms with Crippen molar-refractivity contribution >= 4 is 27.4 Å². The van der Waals surface area contributed by atoms with Gasteiger partial charge in [0, 0.05) is 18.7 Å². The summed E-state index contributed by atoms with van der Waals surface area (Å²) < 4.78 is 24.1. The molecule has 2 N–H and O–H groups in total. The Labute approximate surface area is 112 Å². The van der Waals surface area contributed by atoms with E-state index in [4.69, 9.17) is 11.6 Å². The average molecular weight is 293 g/mol. The lowest BCUT2D eigenvalue weighted by Crippen LogP contribution is -2.24. The molecule has 0 amide bonds. The van der Waals surface area contributed by atoms with Crippen LogP contribution < -0.4 is 10.0 Å². The molecule has 0 radical (unpaired) electrons. The van der Waals surface area contributed by atoms with E-state index >= 15 is 0 Å². The summed E-state index contributed by atoms with van der Waals surface area (Å²) >= 11 is 5.95. The van der Waals surface area contributed by atoms with Gasteiger partial charge >= 0.3 is 0 Å². The van der Waals surface area contributed by atoms with E-state index in [-0.39, 0.29) is 0 Å². The fraction of sp³-hybridized carbons (Fsp3) is 0.600. The number of anilines is 1. The Hall–Kier alpha value is -0.920. The summed E-state index contributed by atoms with van der Waals surface area (Å²) in [7, 11) is -3.11. The van der Waals surface area contributed by atoms with E-state index in [0.717, 1.165) is 18.2 Å². The van der Waals surface area contributed by atoms with Crippen LogP contribution in [-0.2, 0) is 16.4 Å². The molecule has 1 heterocycles. The number of nitrogens with one attached hydrogen (secondary N) is 2. The third-order valence-corrected chi connectivity index (χ3v) is 3.31. The summed E-state index contributed by atoms with van der Waals surface area (Å²) in [6.07, 6.45) is 3.94. The monoisotopic (exact) mass is 292 g/mol. The molecule has 0 saturated carbocycles. The molecule has 0 fully saturated rings. The maximum Gasteiger partial charge on any atom is 0.208 e. The molecule has 6 nitrogen and oxygen atoms in total. The molecule has 0 unspecified atom stereocenters. The Morgan fingerprint density at radius 3 is 2.67 bits per heavy atom. The van der Waals surface area contributed by atoms with E-state index in [1.165, 1.54) is 6.33 Å². The van der Waals surface area contributed by atoms with Gasteiger partial charge in [0.05, 0.1) is 6.26 Å². The highest BCUT2D eigenvalue weighted by atomic mass is 35.5. The molecule has 8 heteroatoms. The predicted octanol–water partition coefficient (Wildman–Crippen LogP) is 1.04. The number of hydrogen-bond acceptors (Lipinski definition) is 5. The van der Waals surface area contributed by atoms with Crippen LogP contribution in [0.4, 0.5) is 5.82 Å². The van der Waals surface area contributed by atoms with E-state index in [1.807, 2.05) is 6.92 Å². The molecular formula is C10H17ClN4O2S. The van der Waals surface area contributed by atoms with Crippen molar-refractivity contribution in [2.45, 2.75) is 19.8 Å². The molecule has 0 aliphatic carbocycles. The van der Waals surface area contributed by atoms with Gasteiger partial charge in [0.1, 0.15) is 17.3 Å². The number of aromatic nitrogens is 2. The Morgan fingerprint density at radius 1 is 1.33 bits per heavy atom. The van der Waals surface area contributed by atoms with Crippen molar-refractivity contribution in [1.29, 1.82) is 0 Å². The van der Waals surface area contributed by atoms with Crippen LogP contribution in [0.5, 0.6) is 0 Å². The SMILES string of the molecule is CCc1c(Cl)ncnc1NCCCNS(C)(=O)=O. The first-order chi connectivity index (χ1) is 8.44. The van der Waals surface area contributed by atoms with Crippen molar-refractivity contribution in [2.24, 2.45) is 0 Å². The molecule has 0 spiro atoms. The van der Waals surface area contributed by atoms with Gasteiger partial charge in [0.15, 0.2) is 0 Å². The molecule has 1 rings (SSSR count). The van der Waals surface area contributed by atoms with Gasteiger partial charge in [-0.25, -0.2) is 23.1 Å². The second-order valence-corrected chi connectivity index (χ2v) is 5.98. The molecule has 1 aromatic heterocycles. The van der Waals surface area contributed by atoms with Crippen LogP contribution in [0.25, 0.3) is 0 Å². The van der Waals surface area contributed by atoms with Gasteiger partial charge in [-0.2, -0.15) is 0 Å². The van der Waals surface area contributed by atoms with Crippen LogP contribution in [0.1, 0.15) is 18.9 Å². The van der Waals surface area contributed by atoms with Crippen molar-refractivity contribution in [3.05, 3.63) is 17.0 Å². The van der Waals surface area contributed by atoms with Gasteiger partial charge in [-0.05, 0) is 12.8 Å². The van der Waals surface area contributed by atoms with Crippen molar-refractivity contribution < 1.29 is 8.42 Å². The molecule has 0 saturated heterocycles. The summed E-state index contributed by atoms with van der Waals surface area (Å²) in [6, 6.07) is 0. The lowest BCUT2D eigenvalue weighted by molar-refractivity contribution is 0.586. The minimum Gasteiger partial charge on any atom is -0.370 e. The smallest absolute Gasteiger partial charge is 0.208 e. The van der Waals surface area contributed by atoms with Crippen LogP contribution in [0.15, 0.2) is 6.33 Å². The number of nitrogens with zero attached hydrogens (tertiary/aromatic N) is 2. The highest BCUT2D eigenvalue weighted by Gasteiger charge is 2.07. The standard InChI is InChI=1S/C10H17ClN4O2S/c1-3-8-9(11)13-7-14-10(8)12-5-4-6-15-18(2,16)17/h7,15H,3-6H2,1-2H3,(H,12,13,14). The minimum atomic E-state index is -3.11. The Kier molecular flexibility index (Phi) is 5.77.